The topological polar surface area (TPSA) is 123 Å². The number of aromatic nitrogens is 4. The van der Waals surface area contributed by atoms with Crippen molar-refractivity contribution in [3.8, 4) is 11.3 Å². The molecule has 1 fully saturated rings. The molecule has 0 radical (unpaired) electrons. The summed E-state index contributed by atoms with van der Waals surface area (Å²) >= 11 is 7.18. The van der Waals surface area contributed by atoms with Crippen LogP contribution in [0, 0.1) is 17.5 Å². The van der Waals surface area contributed by atoms with Crippen LogP contribution in [0.15, 0.2) is 35.5 Å². The monoisotopic (exact) mass is 573 g/mol. The van der Waals surface area contributed by atoms with Crippen LogP contribution in [0.3, 0.4) is 0 Å². The van der Waals surface area contributed by atoms with E-state index in [9.17, 15) is 28.2 Å². The number of carbonyl (C=O) groups is 1. The fourth-order valence-corrected chi connectivity index (χ4v) is 5.50. The second kappa shape index (κ2) is 11.6. The molecule has 1 aromatic carbocycles. The van der Waals surface area contributed by atoms with Crippen LogP contribution in [0.25, 0.3) is 11.3 Å². The van der Waals surface area contributed by atoms with E-state index in [1.165, 1.54) is 35.2 Å². The largest absolute Gasteiger partial charge is 0.394 e. The summed E-state index contributed by atoms with van der Waals surface area (Å²) in [4.78, 5) is 18.6. The van der Waals surface area contributed by atoms with Crippen molar-refractivity contribution in [1.29, 1.82) is 0 Å². The number of aliphatic hydroxyl groups is 2. The van der Waals surface area contributed by atoms with Crippen LogP contribution in [0.1, 0.15) is 16.5 Å². The average Bonchev–Trinajstić information content (AvgIpc) is 3.37. The quantitative estimate of drug-likeness (QED) is 0.411. The Labute approximate surface area is 224 Å². The molecule has 2 N–H and O–H groups in total. The summed E-state index contributed by atoms with van der Waals surface area (Å²) in [6, 6.07) is 2.07. The molecule has 0 aliphatic carbocycles. The van der Waals surface area contributed by atoms with E-state index in [0.717, 1.165) is 23.9 Å². The predicted octanol–water partition coefficient (Wildman–Crippen LogP) is 2.54. The normalized spacial score (nSPS) is 23.4. The van der Waals surface area contributed by atoms with Gasteiger partial charge in [0.2, 0.25) is 0 Å². The van der Waals surface area contributed by atoms with Crippen molar-refractivity contribution < 1.29 is 37.7 Å². The molecule has 0 bridgehead atoms. The average molecular weight is 574 g/mol. The number of thioether (sulfide) groups is 1. The zero-order valence-electron chi connectivity index (χ0n) is 20.3. The fourth-order valence-electron chi connectivity index (χ4n) is 3.98. The second-order valence-electron chi connectivity index (χ2n) is 8.56. The Balaban J connectivity index is 1.71. The first kappa shape index (κ1) is 28.3. The van der Waals surface area contributed by atoms with Crippen molar-refractivity contribution in [3.63, 3.8) is 0 Å². The molecule has 0 spiro atoms. The maximum Gasteiger partial charge on any atom is 0.273 e. The molecular weight excluding hydrogens is 551 g/mol. The lowest BCUT2D eigenvalue weighted by Crippen LogP contribution is -2.55. The lowest BCUT2D eigenvalue weighted by Gasteiger charge is -2.43. The Hall–Kier alpha value is -2.75. The maximum absolute atomic E-state index is 13.8. The molecule has 38 heavy (non-hydrogen) atoms. The van der Waals surface area contributed by atoms with Gasteiger partial charge in [-0.15, -0.1) is 5.10 Å². The molecule has 0 saturated carbocycles. The van der Waals surface area contributed by atoms with Gasteiger partial charge >= 0.3 is 0 Å². The van der Waals surface area contributed by atoms with Crippen molar-refractivity contribution >= 4 is 29.3 Å². The van der Waals surface area contributed by atoms with Crippen molar-refractivity contribution in [2.75, 3.05) is 27.8 Å². The van der Waals surface area contributed by atoms with Crippen LogP contribution in [0.5, 0.6) is 0 Å². The Morgan fingerprint density at radius 1 is 1.26 bits per heavy atom. The van der Waals surface area contributed by atoms with Crippen molar-refractivity contribution in [2.24, 2.45) is 0 Å². The number of benzene rings is 1. The lowest BCUT2D eigenvalue weighted by molar-refractivity contribution is -0.186. The van der Waals surface area contributed by atoms with E-state index in [1.54, 1.807) is 14.1 Å². The van der Waals surface area contributed by atoms with Crippen LogP contribution in [0.4, 0.5) is 13.2 Å². The Kier molecular flexibility index (Phi) is 8.59. The first-order chi connectivity index (χ1) is 18.0. The summed E-state index contributed by atoms with van der Waals surface area (Å²) < 4.78 is 53.7. The predicted molar refractivity (Wildman–Crippen MR) is 130 cm³/mol. The van der Waals surface area contributed by atoms with Gasteiger partial charge in [-0.1, -0.05) is 28.6 Å². The van der Waals surface area contributed by atoms with E-state index in [-0.39, 0.29) is 27.9 Å². The highest BCUT2D eigenvalue weighted by Gasteiger charge is 2.48. The van der Waals surface area contributed by atoms with Crippen LogP contribution in [0.2, 0.25) is 5.02 Å². The SMILES string of the molecule is COC1[C@@H](Sc2cc(Cl)cnc2C(=O)N(C)C)OC(CO)[C@H](O)[C@@H]1n1cc(-c2cc(F)c(F)c(F)c2)nn1. The number of ether oxygens (including phenoxy) is 2. The molecule has 4 rings (SSSR count). The van der Waals surface area contributed by atoms with Gasteiger partial charge in [0, 0.05) is 37.9 Å². The molecule has 204 valence electrons. The van der Waals surface area contributed by atoms with Gasteiger partial charge in [0.25, 0.3) is 5.91 Å². The minimum absolute atomic E-state index is 0.000923. The lowest BCUT2D eigenvalue weighted by atomic mass is 9.97. The molecule has 1 aliphatic rings. The number of aliphatic hydroxyl groups excluding tert-OH is 2. The number of rotatable bonds is 7. The van der Waals surface area contributed by atoms with Crippen molar-refractivity contribution in [1.82, 2.24) is 24.9 Å². The number of carbonyl (C=O) groups excluding carboxylic acids is 1. The Morgan fingerprint density at radius 2 is 1.95 bits per heavy atom. The highest BCUT2D eigenvalue weighted by atomic mass is 35.5. The molecule has 3 aromatic rings. The van der Waals surface area contributed by atoms with Gasteiger partial charge in [0.15, 0.2) is 17.5 Å². The maximum atomic E-state index is 13.8. The summed E-state index contributed by atoms with van der Waals surface area (Å²) in [6.45, 7) is -0.571. The number of hydrogen-bond acceptors (Lipinski definition) is 9. The molecule has 3 heterocycles. The van der Waals surface area contributed by atoms with E-state index < -0.39 is 53.8 Å². The fraction of sp³-hybridized carbons (Fsp3) is 0.391. The summed E-state index contributed by atoms with van der Waals surface area (Å²) in [5, 5.41) is 29.1. The molecule has 5 atom stereocenters. The molecule has 2 unspecified atom stereocenters. The van der Waals surface area contributed by atoms with Crippen molar-refractivity contribution in [2.45, 2.75) is 34.7 Å². The van der Waals surface area contributed by atoms with Gasteiger partial charge in [0.1, 0.15) is 41.2 Å². The first-order valence-corrected chi connectivity index (χ1v) is 12.4. The molecule has 10 nitrogen and oxygen atoms in total. The number of pyridine rings is 1. The molecule has 1 saturated heterocycles. The van der Waals surface area contributed by atoms with Crippen LogP contribution in [-0.4, -0.2) is 92.6 Å². The third kappa shape index (κ3) is 5.51. The van der Waals surface area contributed by atoms with Gasteiger partial charge in [-0.3, -0.25) is 4.79 Å². The smallest absolute Gasteiger partial charge is 0.273 e. The molecule has 2 aromatic heterocycles. The zero-order chi connectivity index (χ0) is 27.7. The van der Waals surface area contributed by atoms with Gasteiger partial charge in [0.05, 0.1) is 17.8 Å². The van der Waals surface area contributed by atoms with E-state index >= 15 is 0 Å². The Morgan fingerprint density at radius 3 is 2.55 bits per heavy atom. The third-order valence-electron chi connectivity index (χ3n) is 5.86. The number of methoxy groups -OCH3 is 1. The van der Waals surface area contributed by atoms with E-state index in [2.05, 4.69) is 15.3 Å². The summed E-state index contributed by atoms with van der Waals surface area (Å²) in [7, 11) is 4.50. The van der Waals surface area contributed by atoms with Gasteiger partial charge in [-0.25, -0.2) is 22.8 Å². The summed E-state index contributed by atoms with van der Waals surface area (Å²) in [5.41, 5.74) is -0.883. The van der Waals surface area contributed by atoms with E-state index in [0.29, 0.717) is 4.90 Å². The van der Waals surface area contributed by atoms with Crippen LogP contribution in [-0.2, 0) is 9.47 Å². The van der Waals surface area contributed by atoms with Gasteiger partial charge in [-0.2, -0.15) is 0 Å². The molecule has 1 amide bonds. The Bertz CT molecular complexity index is 1310. The zero-order valence-corrected chi connectivity index (χ0v) is 21.8. The van der Waals surface area contributed by atoms with Gasteiger partial charge in [-0.05, 0) is 18.2 Å². The number of nitrogens with zero attached hydrogens (tertiary/aromatic N) is 5. The molecular formula is C23H23ClF3N5O5S. The number of amides is 1. The van der Waals surface area contributed by atoms with E-state index in [4.69, 9.17) is 21.1 Å². The highest BCUT2D eigenvalue weighted by molar-refractivity contribution is 8.00. The minimum atomic E-state index is -1.62. The first-order valence-electron chi connectivity index (χ1n) is 11.1. The second-order valence-corrected chi connectivity index (χ2v) is 10.1. The standard InChI is InChI=1S/C23H23ClF3N5O5S/c1-31(2)22(35)18-16(6-11(24)7-28-18)38-23-21(36-3)19(20(34)15(9-33)37-23)32-8-14(29-30-32)10-4-12(25)17(27)13(26)5-10/h4-8,15,19-21,23,33-34H,9H2,1-3H3/t15?,19-,20-,21?,23+/m0/s1. The summed E-state index contributed by atoms with van der Waals surface area (Å²) in [5.74, 6) is -4.80. The molecule has 1 aliphatic heterocycles. The molecule has 15 heteroatoms. The van der Waals surface area contributed by atoms with Crippen LogP contribution >= 0.6 is 23.4 Å². The minimum Gasteiger partial charge on any atom is -0.394 e. The van der Waals surface area contributed by atoms with E-state index in [1.807, 2.05) is 0 Å². The van der Waals surface area contributed by atoms with Crippen LogP contribution < -0.4 is 0 Å². The number of hydrogen-bond donors (Lipinski definition) is 2. The summed E-state index contributed by atoms with van der Waals surface area (Å²) in [6.07, 6.45) is -0.750. The number of halogens is 4. The van der Waals surface area contributed by atoms with Gasteiger partial charge < -0.3 is 24.6 Å². The third-order valence-corrected chi connectivity index (χ3v) is 7.25. The van der Waals surface area contributed by atoms with Crippen molar-refractivity contribution in [3.05, 3.63) is 58.8 Å². The highest BCUT2D eigenvalue weighted by Crippen LogP contribution is 2.41.